The number of rotatable bonds is 4. The Kier molecular flexibility index (Phi) is 4.86. The number of carbonyl (C=O) groups excluding carboxylic acids is 2. The van der Waals surface area contributed by atoms with Crippen LogP contribution in [0.1, 0.15) is 52.5 Å². The lowest BCUT2D eigenvalue weighted by Crippen LogP contribution is -2.57. The molecule has 3 rings (SSSR count). The fraction of sp³-hybridized carbons (Fsp3) is 0.417. The van der Waals surface area contributed by atoms with E-state index in [0.29, 0.717) is 29.9 Å². The molecule has 0 saturated heterocycles. The normalized spacial score (nSPS) is 30.0. The summed E-state index contributed by atoms with van der Waals surface area (Å²) in [5.74, 6) is 0.0904. The molecule has 148 valence electrons. The van der Waals surface area contributed by atoms with Crippen LogP contribution in [0.4, 0.5) is 0 Å². The molecule has 0 amide bonds. The third kappa shape index (κ3) is 2.50. The molecule has 1 aromatic rings. The smallest absolute Gasteiger partial charge is 0.166 e. The van der Waals surface area contributed by atoms with Crippen LogP contribution in [-0.4, -0.2) is 23.3 Å². The molecule has 0 aliphatic heterocycles. The van der Waals surface area contributed by atoms with Crippen LogP contribution in [0.3, 0.4) is 0 Å². The van der Waals surface area contributed by atoms with Crippen molar-refractivity contribution in [2.45, 2.75) is 47.0 Å². The maximum absolute atomic E-state index is 13.6. The van der Waals surface area contributed by atoms with Crippen molar-refractivity contribution in [3.63, 3.8) is 0 Å². The van der Waals surface area contributed by atoms with E-state index in [0.717, 1.165) is 11.1 Å². The summed E-state index contributed by atoms with van der Waals surface area (Å²) >= 11 is 0. The Balaban J connectivity index is 2.30. The Bertz CT molecular complexity index is 936. The highest BCUT2D eigenvalue weighted by molar-refractivity contribution is 6.17. The van der Waals surface area contributed by atoms with Gasteiger partial charge in [0.15, 0.2) is 23.1 Å². The van der Waals surface area contributed by atoms with Gasteiger partial charge < -0.3 is 9.84 Å². The van der Waals surface area contributed by atoms with Crippen LogP contribution >= 0.6 is 0 Å². The van der Waals surface area contributed by atoms with Crippen molar-refractivity contribution in [1.82, 2.24) is 0 Å². The molecule has 0 aromatic heterocycles. The van der Waals surface area contributed by atoms with Gasteiger partial charge in [0, 0.05) is 11.3 Å². The second-order valence-corrected chi connectivity index (χ2v) is 8.15. The summed E-state index contributed by atoms with van der Waals surface area (Å²) in [5, 5.41) is 10.1. The van der Waals surface area contributed by atoms with Gasteiger partial charge in [-0.25, -0.2) is 0 Å². The molecule has 0 fully saturated rings. The first kappa shape index (κ1) is 20.1. The first-order valence-corrected chi connectivity index (χ1v) is 9.68. The molecule has 2 aliphatic carbocycles. The number of ether oxygens (including phenoxy) is 1. The summed E-state index contributed by atoms with van der Waals surface area (Å²) in [5.41, 5.74) is 1.04. The van der Waals surface area contributed by atoms with Crippen LogP contribution in [-0.2, 0) is 9.59 Å². The van der Waals surface area contributed by atoms with E-state index in [-0.39, 0.29) is 23.2 Å². The van der Waals surface area contributed by atoms with Crippen molar-refractivity contribution in [3.05, 3.63) is 59.2 Å². The Labute approximate surface area is 166 Å². The van der Waals surface area contributed by atoms with E-state index in [9.17, 15) is 14.7 Å². The highest BCUT2D eigenvalue weighted by atomic mass is 16.5. The molecule has 1 aromatic carbocycles. The van der Waals surface area contributed by atoms with Gasteiger partial charge in [0.1, 0.15) is 0 Å². The van der Waals surface area contributed by atoms with Crippen LogP contribution in [0.15, 0.2) is 53.6 Å². The Morgan fingerprint density at radius 3 is 2.46 bits per heavy atom. The van der Waals surface area contributed by atoms with E-state index in [2.05, 4.69) is 6.58 Å². The van der Waals surface area contributed by atoms with Crippen LogP contribution in [0.5, 0.6) is 11.5 Å². The van der Waals surface area contributed by atoms with Crippen molar-refractivity contribution in [3.8, 4) is 11.5 Å². The first-order chi connectivity index (χ1) is 13.1. The average molecular weight is 380 g/mol. The standard InChI is InChI=1S/C24H28O4/c1-7-16-11-12-23(5)21(26)14(3)15(4)22(27)24(23,6)20(16)17-9-10-18(25)19(13-17)28-8-2/h7,9-11,13,20,25H,1,8,12H2,2-6H3/t20-,23+,24-/m1/s1. The number of allylic oxidation sites excluding steroid dienone is 5. The average Bonchev–Trinajstić information content (AvgIpc) is 2.68. The van der Waals surface area contributed by atoms with Crippen molar-refractivity contribution in [2.75, 3.05) is 6.61 Å². The lowest BCUT2D eigenvalue weighted by molar-refractivity contribution is -0.147. The summed E-state index contributed by atoms with van der Waals surface area (Å²) in [4.78, 5) is 26.9. The molecule has 4 heteroatoms. The minimum absolute atomic E-state index is 0.00409. The van der Waals surface area contributed by atoms with Gasteiger partial charge in [0.2, 0.25) is 0 Å². The molecule has 0 saturated carbocycles. The largest absolute Gasteiger partial charge is 0.504 e. The Morgan fingerprint density at radius 1 is 1.21 bits per heavy atom. The predicted molar refractivity (Wildman–Crippen MR) is 110 cm³/mol. The van der Waals surface area contributed by atoms with E-state index in [1.165, 1.54) is 0 Å². The van der Waals surface area contributed by atoms with Crippen molar-refractivity contribution in [2.24, 2.45) is 10.8 Å². The maximum Gasteiger partial charge on any atom is 0.166 e. The van der Waals surface area contributed by atoms with Crippen LogP contribution in [0.25, 0.3) is 0 Å². The molecule has 0 unspecified atom stereocenters. The molecule has 0 heterocycles. The topological polar surface area (TPSA) is 63.6 Å². The fourth-order valence-electron chi connectivity index (χ4n) is 4.87. The van der Waals surface area contributed by atoms with Gasteiger partial charge in [-0.3, -0.25) is 9.59 Å². The second kappa shape index (κ2) is 6.77. The minimum Gasteiger partial charge on any atom is -0.504 e. The SMILES string of the molecule is C=CC1=CC[C@@]2(C)C(=O)C(C)=C(C)C(=O)[C@@]2(C)[C@H]1c1ccc(O)c(OCC)c1. The molecule has 0 radical (unpaired) electrons. The zero-order valence-electron chi connectivity index (χ0n) is 17.3. The Hall–Kier alpha value is -2.62. The van der Waals surface area contributed by atoms with Gasteiger partial charge >= 0.3 is 0 Å². The van der Waals surface area contributed by atoms with E-state index < -0.39 is 10.8 Å². The van der Waals surface area contributed by atoms with Crippen molar-refractivity contribution < 1.29 is 19.4 Å². The van der Waals surface area contributed by atoms with Crippen molar-refractivity contribution >= 4 is 11.6 Å². The summed E-state index contributed by atoms with van der Waals surface area (Å²) in [6.45, 7) is 13.5. The molecule has 0 spiro atoms. The van der Waals surface area contributed by atoms with Crippen LogP contribution < -0.4 is 4.74 Å². The van der Waals surface area contributed by atoms with Gasteiger partial charge in [-0.1, -0.05) is 38.6 Å². The number of ketones is 2. The highest BCUT2D eigenvalue weighted by Gasteiger charge is 2.63. The number of Topliss-reactive ketones (excluding diaryl/α,β-unsaturated/α-hetero) is 2. The number of fused-ring (bicyclic) bond motifs is 1. The van der Waals surface area contributed by atoms with Crippen LogP contribution in [0, 0.1) is 10.8 Å². The van der Waals surface area contributed by atoms with Crippen molar-refractivity contribution in [1.29, 1.82) is 0 Å². The van der Waals surface area contributed by atoms with Crippen LogP contribution in [0.2, 0.25) is 0 Å². The van der Waals surface area contributed by atoms with Gasteiger partial charge in [-0.05, 0) is 61.6 Å². The number of aromatic hydroxyl groups is 1. The second-order valence-electron chi connectivity index (χ2n) is 8.15. The fourth-order valence-corrected chi connectivity index (χ4v) is 4.87. The summed E-state index contributed by atoms with van der Waals surface area (Å²) in [7, 11) is 0. The molecule has 3 atom stereocenters. The van der Waals surface area contributed by atoms with Gasteiger partial charge in [0.25, 0.3) is 0 Å². The monoisotopic (exact) mass is 380 g/mol. The maximum atomic E-state index is 13.6. The van der Waals surface area contributed by atoms with E-state index in [1.807, 2.05) is 26.8 Å². The number of carbonyl (C=O) groups is 2. The third-order valence-corrected chi connectivity index (χ3v) is 6.87. The highest BCUT2D eigenvalue weighted by Crippen LogP contribution is 2.62. The minimum atomic E-state index is -0.952. The zero-order chi connectivity index (χ0) is 20.9. The zero-order valence-corrected chi connectivity index (χ0v) is 17.3. The van der Waals surface area contributed by atoms with E-state index in [1.54, 1.807) is 38.1 Å². The number of hydrogen-bond acceptors (Lipinski definition) is 4. The quantitative estimate of drug-likeness (QED) is 0.808. The molecule has 28 heavy (non-hydrogen) atoms. The lowest BCUT2D eigenvalue weighted by Gasteiger charge is -2.54. The molecular weight excluding hydrogens is 352 g/mol. The number of benzene rings is 1. The lowest BCUT2D eigenvalue weighted by atomic mass is 9.45. The van der Waals surface area contributed by atoms with E-state index in [4.69, 9.17) is 4.74 Å². The third-order valence-electron chi connectivity index (χ3n) is 6.87. The molecule has 4 nitrogen and oxygen atoms in total. The predicted octanol–water partition coefficient (Wildman–Crippen LogP) is 4.89. The summed E-state index contributed by atoms with van der Waals surface area (Å²) in [6, 6.07) is 5.16. The van der Waals surface area contributed by atoms with Gasteiger partial charge in [0.05, 0.1) is 12.0 Å². The van der Waals surface area contributed by atoms with E-state index >= 15 is 0 Å². The Morgan fingerprint density at radius 2 is 1.86 bits per heavy atom. The molecule has 1 N–H and O–H groups in total. The molecule has 0 bridgehead atoms. The number of phenols is 1. The van der Waals surface area contributed by atoms with Gasteiger partial charge in [-0.15, -0.1) is 0 Å². The van der Waals surface area contributed by atoms with Gasteiger partial charge in [-0.2, -0.15) is 0 Å². The number of phenolic OH excluding ortho intramolecular Hbond substituents is 1. The first-order valence-electron chi connectivity index (χ1n) is 9.68. The summed E-state index contributed by atoms with van der Waals surface area (Å²) in [6.07, 6.45) is 4.28. The molecule has 2 aliphatic rings. The molecular formula is C24H28O4. The number of hydrogen-bond donors (Lipinski definition) is 1. The summed E-state index contributed by atoms with van der Waals surface area (Å²) < 4.78 is 5.56.